The molecule has 2 aliphatic rings. The molecule has 1 aromatic rings. The van der Waals surface area contributed by atoms with Crippen molar-refractivity contribution in [3.8, 4) is 5.75 Å². The molecule has 2 fully saturated rings. The number of carbonyl (C=O) groups is 2. The molecule has 3 rings (SSSR count). The second kappa shape index (κ2) is 6.99. The van der Waals surface area contributed by atoms with Crippen molar-refractivity contribution in [1.29, 1.82) is 0 Å². The van der Waals surface area contributed by atoms with Crippen molar-refractivity contribution in [3.63, 3.8) is 0 Å². The minimum absolute atomic E-state index is 0.0546. The molecule has 1 aromatic carbocycles. The molecule has 0 aromatic heterocycles. The fraction of sp³-hybridized carbons (Fsp3) is 0.500. The summed E-state index contributed by atoms with van der Waals surface area (Å²) in [5.41, 5.74) is 5.99. The molecule has 0 spiro atoms. The molecule has 1 unspecified atom stereocenters. The molecule has 1 saturated heterocycles. The molecular weight excluding hydrogens is 373 g/mol. The van der Waals surface area contributed by atoms with Gasteiger partial charge in [0, 0.05) is 17.6 Å². The van der Waals surface area contributed by atoms with E-state index in [2.05, 4.69) is 5.32 Å². The maximum Gasteiger partial charge on any atom is 0.422 e. The van der Waals surface area contributed by atoms with E-state index >= 15 is 0 Å². The molecule has 1 saturated carbocycles. The average molecular weight is 390 g/mol. The number of halogens is 3. The first-order chi connectivity index (χ1) is 12.2. The van der Waals surface area contributed by atoms with Crippen LogP contribution in [0.15, 0.2) is 18.2 Å². The Morgan fingerprint density at radius 2 is 2.08 bits per heavy atom. The summed E-state index contributed by atoms with van der Waals surface area (Å²) in [4.78, 5) is 22.7. The van der Waals surface area contributed by atoms with Gasteiger partial charge in [-0.25, -0.2) is 0 Å². The van der Waals surface area contributed by atoms with Gasteiger partial charge < -0.3 is 20.0 Å². The van der Waals surface area contributed by atoms with Gasteiger partial charge in [0.25, 0.3) is 5.91 Å². The maximum absolute atomic E-state index is 12.5. The lowest BCUT2D eigenvalue weighted by Crippen LogP contribution is -2.56. The van der Waals surface area contributed by atoms with Gasteiger partial charge in [0.15, 0.2) is 6.61 Å². The number of amides is 2. The molecule has 0 bridgehead atoms. The summed E-state index contributed by atoms with van der Waals surface area (Å²) in [5, 5.41) is 2.66. The van der Waals surface area contributed by atoms with Gasteiger partial charge in [0.05, 0.1) is 13.0 Å². The lowest BCUT2D eigenvalue weighted by atomic mass is 10.1. The summed E-state index contributed by atoms with van der Waals surface area (Å²) >= 11 is 0.927. The van der Waals surface area contributed by atoms with Crippen LogP contribution in [-0.4, -0.2) is 36.1 Å². The first-order valence-electron chi connectivity index (χ1n) is 7.92. The van der Waals surface area contributed by atoms with Crippen molar-refractivity contribution in [3.05, 3.63) is 29.3 Å². The molecular formula is C16H17F3N2O4S. The Bertz CT molecular complexity index is 718. The van der Waals surface area contributed by atoms with Crippen molar-refractivity contribution in [1.82, 2.24) is 5.32 Å². The monoisotopic (exact) mass is 390 g/mol. The Hall–Kier alpha value is -1.94. The van der Waals surface area contributed by atoms with Gasteiger partial charge in [0.1, 0.15) is 10.6 Å². The van der Waals surface area contributed by atoms with E-state index in [0.717, 1.165) is 24.9 Å². The lowest BCUT2D eigenvalue weighted by Gasteiger charge is -2.39. The van der Waals surface area contributed by atoms with Crippen LogP contribution in [0.1, 0.15) is 41.1 Å². The number of carbonyl (C=O) groups excluding carboxylic acids is 2. The Morgan fingerprint density at radius 3 is 2.58 bits per heavy atom. The van der Waals surface area contributed by atoms with Crippen LogP contribution >= 0.6 is 12.0 Å². The topological polar surface area (TPSA) is 90.7 Å². The molecule has 1 heterocycles. The van der Waals surface area contributed by atoms with Crippen molar-refractivity contribution in [2.45, 2.75) is 36.2 Å². The lowest BCUT2D eigenvalue weighted by molar-refractivity contribution is -0.153. The number of hydrogen-bond acceptors (Lipinski definition) is 5. The Morgan fingerprint density at radius 1 is 1.38 bits per heavy atom. The molecule has 142 valence electrons. The molecule has 6 nitrogen and oxygen atoms in total. The molecule has 26 heavy (non-hydrogen) atoms. The van der Waals surface area contributed by atoms with Crippen LogP contribution in [0.3, 0.4) is 0 Å². The summed E-state index contributed by atoms with van der Waals surface area (Å²) < 4.78 is 47.3. The van der Waals surface area contributed by atoms with Gasteiger partial charge in [-0.3, -0.25) is 9.59 Å². The number of nitrogens with two attached hydrogens (primary N) is 1. The quantitative estimate of drug-likeness (QED) is 0.698. The van der Waals surface area contributed by atoms with Gasteiger partial charge in [-0.15, -0.1) is 0 Å². The van der Waals surface area contributed by atoms with E-state index in [-0.39, 0.29) is 30.3 Å². The highest BCUT2D eigenvalue weighted by atomic mass is 32.2. The number of benzene rings is 1. The third-order valence-corrected chi connectivity index (χ3v) is 4.91. The molecule has 10 heteroatoms. The number of alkyl halides is 3. The largest absolute Gasteiger partial charge is 0.484 e. The number of rotatable bonds is 7. The number of nitrogens with one attached hydrogen (secondary N) is 1. The standard InChI is InChI=1S/C16H17F3N2O4S/c17-16(18,19)8-24-12-5-10(3-4-11(12)9-1-2-9)14(23)21-15(6-13(20)22)7-25-26-15/h3-5,9H,1-2,6-8H2,(H2,20,22)(H,21,23). The fourth-order valence-corrected chi connectivity index (χ4v) is 3.37. The smallest absolute Gasteiger partial charge is 0.422 e. The maximum atomic E-state index is 12.5. The first kappa shape index (κ1) is 18.8. The summed E-state index contributed by atoms with van der Waals surface area (Å²) in [5.74, 6) is -0.924. The zero-order valence-electron chi connectivity index (χ0n) is 13.6. The summed E-state index contributed by atoms with van der Waals surface area (Å²) in [7, 11) is 0. The van der Waals surface area contributed by atoms with Crippen LogP contribution in [0.2, 0.25) is 0 Å². The summed E-state index contributed by atoms with van der Waals surface area (Å²) in [6, 6.07) is 4.45. The Balaban J connectivity index is 1.76. The third kappa shape index (κ3) is 4.61. The second-order valence-electron chi connectivity index (χ2n) is 6.37. The third-order valence-electron chi connectivity index (χ3n) is 4.00. The number of hydrogen-bond donors (Lipinski definition) is 2. The predicted molar refractivity (Wildman–Crippen MR) is 87.5 cm³/mol. The van der Waals surface area contributed by atoms with E-state index in [1.54, 1.807) is 6.07 Å². The van der Waals surface area contributed by atoms with Crippen LogP contribution in [-0.2, 0) is 8.98 Å². The van der Waals surface area contributed by atoms with Crippen LogP contribution in [0.25, 0.3) is 0 Å². The van der Waals surface area contributed by atoms with Crippen molar-refractivity contribution in [2.24, 2.45) is 5.73 Å². The van der Waals surface area contributed by atoms with Crippen LogP contribution in [0.5, 0.6) is 5.75 Å². The average Bonchev–Trinajstić information content (AvgIpc) is 3.34. The zero-order valence-corrected chi connectivity index (χ0v) is 14.4. The van der Waals surface area contributed by atoms with Crippen LogP contribution in [0, 0.1) is 0 Å². The van der Waals surface area contributed by atoms with E-state index < -0.39 is 29.5 Å². The molecule has 3 N–H and O–H groups in total. The predicted octanol–water partition coefficient (Wildman–Crippen LogP) is 2.49. The van der Waals surface area contributed by atoms with Crippen LogP contribution < -0.4 is 15.8 Å². The van der Waals surface area contributed by atoms with Gasteiger partial charge >= 0.3 is 6.18 Å². The molecule has 2 amide bonds. The fourth-order valence-electron chi connectivity index (χ4n) is 2.64. The molecule has 0 radical (unpaired) electrons. The van der Waals surface area contributed by atoms with Crippen LogP contribution in [0.4, 0.5) is 13.2 Å². The van der Waals surface area contributed by atoms with Gasteiger partial charge in [-0.1, -0.05) is 6.07 Å². The highest BCUT2D eigenvalue weighted by Gasteiger charge is 2.43. The molecule has 1 atom stereocenters. The van der Waals surface area contributed by atoms with E-state index in [1.807, 2.05) is 0 Å². The van der Waals surface area contributed by atoms with Gasteiger partial charge in [0.2, 0.25) is 5.91 Å². The summed E-state index contributed by atoms with van der Waals surface area (Å²) in [6.45, 7) is -1.31. The Labute approximate surface area is 151 Å². The first-order valence-corrected chi connectivity index (χ1v) is 8.67. The van der Waals surface area contributed by atoms with E-state index in [9.17, 15) is 22.8 Å². The Kier molecular flexibility index (Phi) is 5.07. The zero-order chi connectivity index (χ0) is 18.9. The van der Waals surface area contributed by atoms with Crippen molar-refractivity contribution in [2.75, 3.05) is 13.2 Å². The minimum atomic E-state index is -4.47. The molecule has 1 aliphatic heterocycles. The molecule has 1 aliphatic carbocycles. The minimum Gasteiger partial charge on any atom is -0.484 e. The highest BCUT2D eigenvalue weighted by Crippen LogP contribution is 2.45. The van der Waals surface area contributed by atoms with E-state index in [1.165, 1.54) is 12.1 Å². The van der Waals surface area contributed by atoms with E-state index in [0.29, 0.717) is 5.56 Å². The highest BCUT2D eigenvalue weighted by molar-refractivity contribution is 7.97. The van der Waals surface area contributed by atoms with Crippen molar-refractivity contribution >= 4 is 23.9 Å². The SMILES string of the molecule is NC(=O)CC1(NC(=O)c2ccc(C3CC3)c(OCC(F)(F)F)c2)COS1. The number of ether oxygens (including phenoxy) is 1. The van der Waals surface area contributed by atoms with Crippen molar-refractivity contribution < 1.29 is 31.7 Å². The van der Waals surface area contributed by atoms with Gasteiger partial charge in [-0.05, 0) is 36.5 Å². The summed E-state index contributed by atoms with van der Waals surface area (Å²) in [6.07, 6.45) is -2.82. The normalized spacial score (nSPS) is 22.4. The van der Waals surface area contributed by atoms with E-state index in [4.69, 9.17) is 14.7 Å². The van der Waals surface area contributed by atoms with Gasteiger partial charge in [-0.2, -0.15) is 13.2 Å². The number of primary amides is 1. The second-order valence-corrected chi connectivity index (χ2v) is 7.55.